The Balaban J connectivity index is 1.97. The zero-order valence-corrected chi connectivity index (χ0v) is 11.2. The smallest absolute Gasteiger partial charge is 0.278 e. The zero-order chi connectivity index (χ0) is 14.1. The van der Waals surface area contributed by atoms with Gasteiger partial charge >= 0.3 is 0 Å². The van der Waals surface area contributed by atoms with E-state index in [-0.39, 0.29) is 5.91 Å². The van der Waals surface area contributed by atoms with Crippen molar-refractivity contribution in [2.45, 2.75) is 13.8 Å². The molecule has 0 saturated heterocycles. The number of carbonyl (C=O) groups excluding carboxylic acids is 1. The fourth-order valence-corrected chi connectivity index (χ4v) is 2.02. The number of pyridine rings is 1. The highest BCUT2D eigenvalue weighted by Crippen LogP contribution is 2.22. The minimum absolute atomic E-state index is 0.294. The van der Waals surface area contributed by atoms with Crippen LogP contribution in [-0.2, 0) is 0 Å². The molecule has 2 heterocycles. The first-order chi connectivity index (χ1) is 9.66. The molecule has 0 aliphatic heterocycles. The number of nitrogens with zero attached hydrogens (tertiary/aromatic N) is 2. The highest BCUT2D eigenvalue weighted by atomic mass is 16.5. The number of para-hydroxylation sites is 1. The molecule has 0 aliphatic carbocycles. The highest BCUT2D eigenvalue weighted by molar-refractivity contribution is 6.07. The lowest BCUT2D eigenvalue weighted by Crippen LogP contribution is -2.14. The molecule has 0 spiro atoms. The number of aromatic nitrogens is 2. The third-order valence-electron chi connectivity index (χ3n) is 3.25. The van der Waals surface area contributed by atoms with Crippen molar-refractivity contribution in [3.8, 4) is 0 Å². The van der Waals surface area contributed by atoms with Gasteiger partial charge in [0, 0.05) is 17.1 Å². The van der Waals surface area contributed by atoms with Crippen LogP contribution in [0.25, 0.3) is 10.9 Å². The quantitative estimate of drug-likeness (QED) is 0.774. The molecule has 3 rings (SSSR count). The molecule has 1 amide bonds. The summed E-state index contributed by atoms with van der Waals surface area (Å²) in [7, 11) is 0. The molecule has 1 aromatic carbocycles. The summed E-state index contributed by atoms with van der Waals surface area (Å²) < 4.78 is 5.02. The van der Waals surface area contributed by atoms with E-state index >= 15 is 0 Å². The van der Waals surface area contributed by atoms with Crippen LogP contribution in [0, 0.1) is 13.8 Å². The van der Waals surface area contributed by atoms with Gasteiger partial charge in [-0.2, -0.15) is 0 Å². The molecule has 0 unspecified atom stereocenters. The van der Waals surface area contributed by atoms with Crippen LogP contribution in [0.15, 0.2) is 41.1 Å². The van der Waals surface area contributed by atoms with Crippen LogP contribution in [0.5, 0.6) is 0 Å². The highest BCUT2D eigenvalue weighted by Gasteiger charge is 2.17. The topological polar surface area (TPSA) is 68.0 Å². The molecular formula is C15H13N3O2. The Hall–Kier alpha value is -2.69. The lowest BCUT2D eigenvalue weighted by atomic mass is 10.1. The van der Waals surface area contributed by atoms with Gasteiger partial charge < -0.3 is 9.84 Å². The normalized spacial score (nSPS) is 10.7. The summed E-state index contributed by atoms with van der Waals surface area (Å²) in [5, 5.41) is 7.59. The lowest BCUT2D eigenvalue weighted by Gasteiger charge is -2.06. The van der Waals surface area contributed by atoms with Crippen LogP contribution in [0.2, 0.25) is 0 Å². The van der Waals surface area contributed by atoms with Gasteiger partial charge in [-0.05, 0) is 26.0 Å². The van der Waals surface area contributed by atoms with Crippen LogP contribution in [-0.4, -0.2) is 16.0 Å². The molecule has 0 radical (unpaired) electrons. The van der Waals surface area contributed by atoms with Gasteiger partial charge in [0.2, 0.25) is 0 Å². The Morgan fingerprint density at radius 3 is 2.75 bits per heavy atom. The molecule has 3 aromatic rings. The second-order valence-corrected chi connectivity index (χ2v) is 4.55. The number of rotatable bonds is 2. The second kappa shape index (κ2) is 4.77. The number of amides is 1. The maximum absolute atomic E-state index is 12.2. The average Bonchev–Trinajstić information content (AvgIpc) is 2.79. The Morgan fingerprint density at radius 1 is 1.20 bits per heavy atom. The van der Waals surface area contributed by atoms with Gasteiger partial charge in [-0.1, -0.05) is 23.4 Å². The first-order valence-electron chi connectivity index (χ1n) is 6.25. The molecule has 0 saturated carbocycles. The minimum Gasteiger partial charge on any atom is -0.361 e. The summed E-state index contributed by atoms with van der Waals surface area (Å²) in [5.41, 5.74) is 2.46. The van der Waals surface area contributed by atoms with Gasteiger partial charge in [-0.15, -0.1) is 0 Å². The number of anilines is 1. The number of nitrogens with one attached hydrogen (secondary N) is 1. The summed E-state index contributed by atoms with van der Waals surface area (Å²) in [6, 6.07) is 9.45. The molecule has 0 atom stereocenters. The Bertz CT molecular complexity index is 787. The first-order valence-corrected chi connectivity index (χ1v) is 6.25. The number of hydrogen-bond acceptors (Lipinski definition) is 4. The van der Waals surface area contributed by atoms with E-state index in [0.717, 1.165) is 16.5 Å². The largest absolute Gasteiger partial charge is 0.361 e. The fourth-order valence-electron chi connectivity index (χ4n) is 2.02. The maximum atomic E-state index is 12.2. The molecule has 1 N–H and O–H groups in total. The number of fused-ring (bicyclic) bond motifs is 1. The number of aryl methyl sites for hydroxylation is 1. The first kappa shape index (κ1) is 12.3. The molecule has 5 nitrogen and oxygen atoms in total. The maximum Gasteiger partial charge on any atom is 0.278 e. The van der Waals surface area contributed by atoms with Crippen molar-refractivity contribution in [1.29, 1.82) is 0 Å². The minimum atomic E-state index is -0.294. The van der Waals surface area contributed by atoms with E-state index in [1.165, 1.54) is 0 Å². The molecule has 0 bridgehead atoms. The summed E-state index contributed by atoms with van der Waals surface area (Å²) in [6.07, 6.45) is 1.70. The van der Waals surface area contributed by atoms with Gasteiger partial charge in [-0.3, -0.25) is 9.78 Å². The Labute approximate surface area is 115 Å². The third kappa shape index (κ3) is 2.03. The zero-order valence-electron chi connectivity index (χ0n) is 11.2. The van der Waals surface area contributed by atoms with Crippen molar-refractivity contribution in [1.82, 2.24) is 10.1 Å². The molecule has 0 aliphatic rings. The molecular weight excluding hydrogens is 254 g/mol. The van der Waals surface area contributed by atoms with E-state index in [2.05, 4.69) is 15.5 Å². The van der Waals surface area contributed by atoms with E-state index in [1.807, 2.05) is 37.3 Å². The van der Waals surface area contributed by atoms with Crippen molar-refractivity contribution < 1.29 is 9.32 Å². The lowest BCUT2D eigenvalue weighted by molar-refractivity contribution is 0.101. The van der Waals surface area contributed by atoms with Gasteiger partial charge in [-0.25, -0.2) is 0 Å². The number of benzene rings is 1. The predicted octanol–water partition coefficient (Wildman–Crippen LogP) is 3.09. The van der Waals surface area contributed by atoms with E-state index in [1.54, 1.807) is 13.1 Å². The average molecular weight is 267 g/mol. The van der Waals surface area contributed by atoms with Crippen LogP contribution in [0.3, 0.4) is 0 Å². The molecule has 5 heteroatoms. The van der Waals surface area contributed by atoms with Gasteiger partial charge in [0.1, 0.15) is 5.76 Å². The van der Waals surface area contributed by atoms with Gasteiger partial charge in [0.05, 0.1) is 11.2 Å². The summed E-state index contributed by atoms with van der Waals surface area (Å²) >= 11 is 0. The summed E-state index contributed by atoms with van der Waals surface area (Å²) in [6.45, 7) is 3.58. The van der Waals surface area contributed by atoms with Crippen molar-refractivity contribution >= 4 is 22.5 Å². The monoisotopic (exact) mass is 267 g/mol. The van der Waals surface area contributed by atoms with E-state index < -0.39 is 0 Å². The number of carbonyl (C=O) groups is 1. The Morgan fingerprint density at radius 2 is 2.00 bits per heavy atom. The van der Waals surface area contributed by atoms with E-state index in [0.29, 0.717) is 17.1 Å². The van der Waals surface area contributed by atoms with Gasteiger partial charge in [0.15, 0.2) is 5.69 Å². The van der Waals surface area contributed by atoms with E-state index in [4.69, 9.17) is 4.52 Å². The van der Waals surface area contributed by atoms with Crippen molar-refractivity contribution in [3.05, 3.63) is 53.5 Å². The fraction of sp³-hybridized carbons (Fsp3) is 0.133. The van der Waals surface area contributed by atoms with Crippen molar-refractivity contribution in [2.75, 3.05) is 5.32 Å². The number of hydrogen-bond donors (Lipinski definition) is 1. The predicted molar refractivity (Wildman–Crippen MR) is 75.7 cm³/mol. The SMILES string of the molecule is Cc1onc(C(=O)Nc2cccc3cccnc23)c1C. The molecule has 20 heavy (non-hydrogen) atoms. The van der Waals surface area contributed by atoms with Gasteiger partial charge in [0.25, 0.3) is 5.91 Å². The second-order valence-electron chi connectivity index (χ2n) is 4.55. The molecule has 2 aromatic heterocycles. The van der Waals surface area contributed by atoms with Crippen LogP contribution >= 0.6 is 0 Å². The standard InChI is InChI=1S/C15H13N3O2/c1-9-10(2)20-18-13(9)15(19)17-12-7-3-5-11-6-4-8-16-14(11)12/h3-8H,1-2H3,(H,17,19). The van der Waals surface area contributed by atoms with Crippen LogP contribution < -0.4 is 5.32 Å². The van der Waals surface area contributed by atoms with Crippen molar-refractivity contribution in [2.24, 2.45) is 0 Å². The summed E-state index contributed by atoms with van der Waals surface area (Å²) in [4.78, 5) is 16.5. The van der Waals surface area contributed by atoms with E-state index in [9.17, 15) is 4.79 Å². The third-order valence-corrected chi connectivity index (χ3v) is 3.25. The van der Waals surface area contributed by atoms with Crippen molar-refractivity contribution in [3.63, 3.8) is 0 Å². The summed E-state index contributed by atoms with van der Waals surface area (Å²) in [5.74, 6) is 0.351. The van der Waals surface area contributed by atoms with Crippen LogP contribution in [0.1, 0.15) is 21.8 Å². The van der Waals surface area contributed by atoms with Crippen LogP contribution in [0.4, 0.5) is 5.69 Å². The molecule has 100 valence electrons. The molecule has 0 fully saturated rings. The Kier molecular flexibility index (Phi) is 2.95.